The minimum Gasteiger partial charge on any atom is -0.397 e. The van der Waals surface area contributed by atoms with Gasteiger partial charge in [-0.05, 0) is 62.7 Å². The molecule has 4 aromatic rings. The number of fused-ring (bicyclic) bond motifs is 1. The van der Waals surface area contributed by atoms with Crippen LogP contribution in [0.2, 0.25) is 0 Å². The molecule has 0 saturated carbocycles. The lowest BCUT2D eigenvalue weighted by molar-refractivity contribution is 0.256. The number of nitrogens with two attached hydrogens (primary N) is 2. The van der Waals surface area contributed by atoms with Gasteiger partial charge < -0.3 is 16.8 Å². The van der Waals surface area contributed by atoms with Crippen LogP contribution in [0.15, 0.2) is 54.9 Å². The van der Waals surface area contributed by atoms with Crippen LogP contribution >= 0.6 is 0 Å². The minimum absolute atomic E-state index is 0.0681. The number of pyridine rings is 1. The van der Waals surface area contributed by atoms with Gasteiger partial charge in [0.2, 0.25) is 0 Å². The molecular weight excluding hydrogens is 433 g/mol. The molecule has 0 radical (unpaired) electrons. The highest BCUT2D eigenvalue weighted by atomic mass is 19.1. The Bertz CT molecular complexity index is 1380. The Morgan fingerprint density at radius 3 is 2.68 bits per heavy atom. The lowest BCUT2D eigenvalue weighted by Gasteiger charge is -2.23. The molecular formula is C25H26FN7O. The highest BCUT2D eigenvalue weighted by Crippen LogP contribution is 2.37. The highest BCUT2D eigenvalue weighted by Gasteiger charge is 2.24. The molecule has 0 bridgehead atoms. The van der Waals surface area contributed by atoms with E-state index in [2.05, 4.69) is 10.3 Å². The third-order valence-corrected chi connectivity index (χ3v) is 6.24. The van der Waals surface area contributed by atoms with Gasteiger partial charge >= 0.3 is 6.03 Å². The number of benzene rings is 2. The number of piperidine rings is 1. The number of anilines is 3. The number of primary amides is 1. The zero-order valence-electron chi connectivity index (χ0n) is 18.8. The summed E-state index contributed by atoms with van der Waals surface area (Å²) in [4.78, 5) is 17.7. The van der Waals surface area contributed by atoms with Crippen LogP contribution in [0.1, 0.15) is 24.4 Å². The van der Waals surface area contributed by atoms with Crippen LogP contribution in [-0.4, -0.2) is 33.9 Å². The Morgan fingerprint density at radius 1 is 1.18 bits per heavy atom. The SMILES string of the molecule is Cc1cccc(N(C(N)=O)c2ccc(-c3nn(C4CCNCC4)c4cncc(N)c34)cc2F)c1. The number of nitrogen functional groups attached to an aromatic ring is 1. The quantitative estimate of drug-likeness (QED) is 0.422. The van der Waals surface area contributed by atoms with E-state index in [1.807, 2.05) is 17.7 Å². The molecule has 5 rings (SSSR count). The summed E-state index contributed by atoms with van der Waals surface area (Å²) in [5.74, 6) is -0.588. The van der Waals surface area contributed by atoms with Crippen molar-refractivity contribution in [2.45, 2.75) is 25.8 Å². The molecule has 3 heterocycles. The van der Waals surface area contributed by atoms with Crippen LogP contribution in [0.5, 0.6) is 0 Å². The van der Waals surface area contributed by atoms with Crippen molar-refractivity contribution >= 4 is 34.0 Å². The Balaban J connectivity index is 1.61. The van der Waals surface area contributed by atoms with Crippen molar-refractivity contribution in [3.05, 3.63) is 66.2 Å². The van der Waals surface area contributed by atoms with Crippen LogP contribution < -0.4 is 21.7 Å². The van der Waals surface area contributed by atoms with E-state index in [0.29, 0.717) is 22.6 Å². The van der Waals surface area contributed by atoms with Gasteiger partial charge in [-0.3, -0.25) is 14.6 Å². The van der Waals surface area contributed by atoms with E-state index >= 15 is 4.39 Å². The number of rotatable bonds is 4. The first-order chi connectivity index (χ1) is 16.4. The molecule has 0 unspecified atom stereocenters. The van der Waals surface area contributed by atoms with Crippen molar-refractivity contribution in [2.75, 3.05) is 23.7 Å². The largest absolute Gasteiger partial charge is 0.397 e. The van der Waals surface area contributed by atoms with Crippen LogP contribution in [0.25, 0.3) is 22.2 Å². The number of carbonyl (C=O) groups is 1. The minimum atomic E-state index is -0.770. The van der Waals surface area contributed by atoms with Gasteiger partial charge in [0.25, 0.3) is 0 Å². The maximum Gasteiger partial charge on any atom is 0.323 e. The fraction of sp³-hybridized carbons (Fsp3) is 0.240. The maximum absolute atomic E-state index is 15.5. The Labute approximate surface area is 196 Å². The van der Waals surface area contributed by atoms with Crippen molar-refractivity contribution in [1.29, 1.82) is 0 Å². The Morgan fingerprint density at radius 2 is 1.97 bits per heavy atom. The summed E-state index contributed by atoms with van der Waals surface area (Å²) in [5, 5.41) is 8.96. The fourth-order valence-electron chi connectivity index (χ4n) is 4.63. The van der Waals surface area contributed by atoms with Crippen LogP contribution in [0.4, 0.5) is 26.2 Å². The molecule has 1 aliphatic heterocycles. The average Bonchev–Trinajstić information content (AvgIpc) is 3.22. The number of hydrogen-bond donors (Lipinski definition) is 3. The van der Waals surface area contributed by atoms with E-state index in [9.17, 15) is 4.79 Å². The normalized spacial score (nSPS) is 14.4. The number of aromatic nitrogens is 3. The summed E-state index contributed by atoms with van der Waals surface area (Å²) in [6.07, 6.45) is 5.20. The molecule has 2 aromatic carbocycles. The second kappa shape index (κ2) is 8.75. The molecule has 0 aliphatic carbocycles. The summed E-state index contributed by atoms with van der Waals surface area (Å²) < 4.78 is 17.4. The number of amides is 2. The molecule has 1 saturated heterocycles. The zero-order chi connectivity index (χ0) is 23.8. The van der Waals surface area contributed by atoms with Crippen LogP contribution in [-0.2, 0) is 0 Å². The highest BCUT2D eigenvalue weighted by molar-refractivity contribution is 6.02. The van der Waals surface area contributed by atoms with Gasteiger partial charge in [-0.15, -0.1) is 0 Å². The molecule has 0 atom stereocenters. The number of halogens is 1. The monoisotopic (exact) mass is 459 g/mol. The molecule has 34 heavy (non-hydrogen) atoms. The van der Waals surface area contributed by atoms with Gasteiger partial charge in [0.05, 0.1) is 46.4 Å². The van der Waals surface area contributed by atoms with Gasteiger partial charge in [0.1, 0.15) is 11.5 Å². The van der Waals surface area contributed by atoms with E-state index in [1.165, 1.54) is 6.07 Å². The molecule has 2 aromatic heterocycles. The van der Waals surface area contributed by atoms with E-state index in [1.54, 1.807) is 42.7 Å². The van der Waals surface area contributed by atoms with Gasteiger partial charge in [-0.25, -0.2) is 9.18 Å². The fourth-order valence-corrected chi connectivity index (χ4v) is 4.63. The number of nitrogens with zero attached hydrogens (tertiary/aromatic N) is 4. The summed E-state index contributed by atoms with van der Waals surface area (Å²) >= 11 is 0. The number of aryl methyl sites for hydroxylation is 1. The van der Waals surface area contributed by atoms with E-state index in [4.69, 9.17) is 16.6 Å². The third kappa shape index (κ3) is 3.84. The van der Waals surface area contributed by atoms with Crippen LogP contribution in [0.3, 0.4) is 0 Å². The van der Waals surface area contributed by atoms with Gasteiger partial charge in [-0.1, -0.05) is 18.2 Å². The van der Waals surface area contributed by atoms with Gasteiger partial charge in [0, 0.05) is 5.56 Å². The van der Waals surface area contributed by atoms with E-state index in [0.717, 1.165) is 47.3 Å². The van der Waals surface area contributed by atoms with Gasteiger partial charge in [-0.2, -0.15) is 5.10 Å². The molecule has 174 valence electrons. The molecule has 5 N–H and O–H groups in total. The standard InChI is InChI=1S/C25H26FN7O/c1-15-3-2-4-18(11-15)32(25(28)34)21-6-5-16(12-19(21)26)24-23-20(27)13-30-14-22(23)33(31-24)17-7-9-29-10-8-17/h2-6,11-14,17,29H,7-10,27H2,1H3,(H2,28,34). The second-order valence-corrected chi connectivity index (χ2v) is 8.58. The molecule has 1 fully saturated rings. The molecule has 8 nitrogen and oxygen atoms in total. The first-order valence-corrected chi connectivity index (χ1v) is 11.2. The van der Waals surface area contributed by atoms with Crippen molar-refractivity contribution in [3.8, 4) is 11.3 Å². The van der Waals surface area contributed by atoms with Gasteiger partial charge in [0.15, 0.2) is 0 Å². The maximum atomic E-state index is 15.5. The number of urea groups is 1. The summed E-state index contributed by atoms with van der Waals surface area (Å²) in [5.41, 5.74) is 15.9. The van der Waals surface area contributed by atoms with Crippen molar-refractivity contribution in [1.82, 2.24) is 20.1 Å². The van der Waals surface area contributed by atoms with Crippen molar-refractivity contribution in [3.63, 3.8) is 0 Å². The predicted octanol–water partition coefficient (Wildman–Crippen LogP) is 4.27. The third-order valence-electron chi connectivity index (χ3n) is 6.24. The number of nitrogens with one attached hydrogen (secondary N) is 1. The van der Waals surface area contributed by atoms with Crippen LogP contribution in [0, 0.1) is 12.7 Å². The number of hydrogen-bond acceptors (Lipinski definition) is 5. The smallest absolute Gasteiger partial charge is 0.323 e. The first kappa shape index (κ1) is 21.8. The Hall–Kier alpha value is -3.98. The second-order valence-electron chi connectivity index (χ2n) is 8.58. The molecule has 9 heteroatoms. The zero-order valence-corrected chi connectivity index (χ0v) is 18.8. The van der Waals surface area contributed by atoms with Crippen molar-refractivity contribution in [2.24, 2.45) is 5.73 Å². The number of carbonyl (C=O) groups excluding carboxylic acids is 1. The van der Waals surface area contributed by atoms with E-state index < -0.39 is 11.8 Å². The molecule has 2 amide bonds. The summed E-state index contributed by atoms with van der Waals surface area (Å²) in [6, 6.07) is 11.3. The molecule has 0 spiro atoms. The lowest BCUT2D eigenvalue weighted by atomic mass is 10.1. The summed E-state index contributed by atoms with van der Waals surface area (Å²) in [7, 11) is 0. The first-order valence-electron chi connectivity index (χ1n) is 11.2. The lowest BCUT2D eigenvalue weighted by Crippen LogP contribution is -2.32. The summed E-state index contributed by atoms with van der Waals surface area (Å²) in [6.45, 7) is 3.70. The molecule has 1 aliphatic rings. The Kier molecular flexibility index (Phi) is 5.62. The van der Waals surface area contributed by atoms with Crippen molar-refractivity contribution < 1.29 is 9.18 Å². The topological polar surface area (TPSA) is 115 Å². The average molecular weight is 460 g/mol. The predicted molar refractivity (Wildman–Crippen MR) is 131 cm³/mol. The van der Waals surface area contributed by atoms with E-state index in [-0.39, 0.29) is 11.7 Å².